The van der Waals surface area contributed by atoms with E-state index in [2.05, 4.69) is 82.8 Å². The van der Waals surface area contributed by atoms with Crippen LogP contribution in [-0.4, -0.2) is 6.54 Å². The molecule has 0 amide bonds. The van der Waals surface area contributed by atoms with Crippen molar-refractivity contribution in [2.45, 2.75) is 32.2 Å². The van der Waals surface area contributed by atoms with Crippen molar-refractivity contribution in [3.8, 4) is 0 Å². The van der Waals surface area contributed by atoms with Crippen molar-refractivity contribution in [1.29, 1.82) is 0 Å². The predicted octanol–water partition coefficient (Wildman–Crippen LogP) is 5.12. The highest BCUT2D eigenvalue weighted by atomic mass is 79.9. The van der Waals surface area contributed by atoms with Crippen molar-refractivity contribution in [3.05, 3.63) is 70.2 Å². The Bertz CT molecular complexity index is 510. The van der Waals surface area contributed by atoms with Crippen molar-refractivity contribution in [2.24, 2.45) is 0 Å². The molecule has 2 aromatic carbocycles. The molecule has 0 aliphatic carbocycles. The number of hydrogen-bond acceptors (Lipinski definition) is 1. The molecular weight excluding hydrogens is 310 g/mol. The zero-order valence-electron chi connectivity index (χ0n) is 12.0. The molecule has 0 saturated heterocycles. The summed E-state index contributed by atoms with van der Waals surface area (Å²) in [6.07, 6.45) is 3.63. The van der Waals surface area contributed by atoms with E-state index in [0.29, 0.717) is 6.04 Å². The molecule has 0 bridgehead atoms. The lowest BCUT2D eigenvalue weighted by Crippen LogP contribution is -2.19. The molecule has 0 saturated carbocycles. The van der Waals surface area contributed by atoms with Gasteiger partial charge in [-0.25, -0.2) is 0 Å². The van der Waals surface area contributed by atoms with Gasteiger partial charge in [0, 0.05) is 10.5 Å². The molecule has 0 aromatic heterocycles. The van der Waals surface area contributed by atoms with Gasteiger partial charge in [-0.1, -0.05) is 58.4 Å². The van der Waals surface area contributed by atoms with Crippen LogP contribution < -0.4 is 5.32 Å². The minimum atomic E-state index is 0.407. The van der Waals surface area contributed by atoms with E-state index in [1.54, 1.807) is 0 Å². The SMILES string of the molecule is C[C@@H](NCCCCc1ccccc1)c1cccc(Br)c1. The molecule has 1 N–H and O–H groups in total. The number of unbranched alkanes of at least 4 members (excludes halogenated alkanes) is 1. The molecule has 0 fully saturated rings. The molecule has 0 aliphatic rings. The van der Waals surface area contributed by atoms with E-state index < -0.39 is 0 Å². The smallest absolute Gasteiger partial charge is 0.0292 e. The fraction of sp³-hybridized carbons (Fsp3) is 0.333. The van der Waals surface area contributed by atoms with Crippen LogP contribution in [0, 0.1) is 0 Å². The number of rotatable bonds is 7. The van der Waals surface area contributed by atoms with E-state index >= 15 is 0 Å². The maximum Gasteiger partial charge on any atom is 0.0292 e. The first kappa shape index (κ1) is 15.3. The minimum absolute atomic E-state index is 0.407. The highest BCUT2D eigenvalue weighted by molar-refractivity contribution is 9.10. The summed E-state index contributed by atoms with van der Waals surface area (Å²) < 4.78 is 1.15. The second-order valence-electron chi connectivity index (χ2n) is 5.17. The van der Waals surface area contributed by atoms with Crippen LogP contribution >= 0.6 is 15.9 Å². The summed E-state index contributed by atoms with van der Waals surface area (Å²) in [5.74, 6) is 0. The van der Waals surface area contributed by atoms with E-state index in [4.69, 9.17) is 0 Å². The van der Waals surface area contributed by atoms with Crippen molar-refractivity contribution in [3.63, 3.8) is 0 Å². The average molecular weight is 332 g/mol. The fourth-order valence-electron chi connectivity index (χ4n) is 2.31. The maximum absolute atomic E-state index is 3.59. The van der Waals surface area contributed by atoms with Crippen molar-refractivity contribution in [1.82, 2.24) is 5.32 Å². The Kier molecular flexibility index (Phi) is 6.28. The largest absolute Gasteiger partial charge is 0.310 e. The quantitative estimate of drug-likeness (QED) is 0.694. The van der Waals surface area contributed by atoms with Gasteiger partial charge < -0.3 is 5.32 Å². The highest BCUT2D eigenvalue weighted by Gasteiger charge is 2.04. The highest BCUT2D eigenvalue weighted by Crippen LogP contribution is 2.17. The number of benzene rings is 2. The van der Waals surface area contributed by atoms with Gasteiger partial charge >= 0.3 is 0 Å². The molecule has 2 heteroatoms. The fourth-order valence-corrected chi connectivity index (χ4v) is 2.73. The molecule has 1 nitrogen and oxygen atoms in total. The van der Waals surface area contributed by atoms with Gasteiger partial charge in [0.25, 0.3) is 0 Å². The zero-order valence-corrected chi connectivity index (χ0v) is 13.6. The molecule has 0 radical (unpaired) electrons. The van der Waals surface area contributed by atoms with Gasteiger partial charge in [-0.15, -0.1) is 0 Å². The summed E-state index contributed by atoms with van der Waals surface area (Å²) in [4.78, 5) is 0. The molecule has 1 atom stereocenters. The van der Waals surface area contributed by atoms with Crippen LogP contribution in [0.25, 0.3) is 0 Å². The van der Waals surface area contributed by atoms with Gasteiger partial charge in [0.05, 0.1) is 0 Å². The van der Waals surface area contributed by atoms with Gasteiger partial charge in [-0.05, 0) is 56.0 Å². The van der Waals surface area contributed by atoms with Gasteiger partial charge in [-0.2, -0.15) is 0 Å². The van der Waals surface area contributed by atoms with Crippen molar-refractivity contribution in [2.75, 3.05) is 6.54 Å². The Hall–Kier alpha value is -1.12. The van der Waals surface area contributed by atoms with Gasteiger partial charge in [0.2, 0.25) is 0 Å². The number of nitrogens with one attached hydrogen (secondary N) is 1. The Balaban J connectivity index is 1.66. The Labute approximate surface area is 130 Å². The topological polar surface area (TPSA) is 12.0 Å². The number of hydrogen-bond donors (Lipinski definition) is 1. The average Bonchev–Trinajstić information content (AvgIpc) is 2.48. The van der Waals surface area contributed by atoms with Crippen LogP contribution in [0.5, 0.6) is 0 Å². The minimum Gasteiger partial charge on any atom is -0.310 e. The van der Waals surface area contributed by atoms with E-state index in [9.17, 15) is 0 Å². The maximum atomic E-state index is 3.59. The van der Waals surface area contributed by atoms with Crippen molar-refractivity contribution >= 4 is 15.9 Å². The van der Waals surface area contributed by atoms with E-state index in [1.165, 1.54) is 30.4 Å². The molecule has 2 aromatic rings. The predicted molar refractivity (Wildman–Crippen MR) is 89.9 cm³/mol. The normalized spacial score (nSPS) is 12.3. The first-order chi connectivity index (χ1) is 9.75. The van der Waals surface area contributed by atoms with Gasteiger partial charge in [0.15, 0.2) is 0 Å². The summed E-state index contributed by atoms with van der Waals surface area (Å²) in [6.45, 7) is 3.29. The molecule has 0 unspecified atom stereocenters. The van der Waals surface area contributed by atoms with E-state index in [-0.39, 0.29) is 0 Å². The monoisotopic (exact) mass is 331 g/mol. The van der Waals surface area contributed by atoms with Gasteiger partial charge in [0.1, 0.15) is 0 Å². The second kappa shape index (κ2) is 8.23. The molecule has 106 valence electrons. The Morgan fingerprint density at radius 3 is 2.55 bits per heavy atom. The van der Waals surface area contributed by atoms with E-state index in [1.807, 2.05) is 0 Å². The number of halogens is 1. The van der Waals surface area contributed by atoms with Crippen LogP contribution in [0.1, 0.15) is 36.9 Å². The molecule has 0 spiro atoms. The molecule has 0 heterocycles. The first-order valence-corrected chi connectivity index (χ1v) is 8.08. The third kappa shape index (κ3) is 5.10. The van der Waals surface area contributed by atoms with Crippen molar-refractivity contribution < 1.29 is 0 Å². The summed E-state index contributed by atoms with van der Waals surface area (Å²) in [5, 5.41) is 3.59. The van der Waals surface area contributed by atoms with Crippen LogP contribution in [0.2, 0.25) is 0 Å². The summed E-state index contributed by atoms with van der Waals surface area (Å²) >= 11 is 3.52. The summed E-state index contributed by atoms with van der Waals surface area (Å²) in [6, 6.07) is 19.6. The van der Waals surface area contributed by atoms with Crippen LogP contribution in [0.4, 0.5) is 0 Å². The third-order valence-electron chi connectivity index (χ3n) is 3.53. The zero-order chi connectivity index (χ0) is 14.2. The molecule has 2 rings (SSSR count). The lowest BCUT2D eigenvalue weighted by atomic mass is 10.1. The van der Waals surface area contributed by atoms with E-state index in [0.717, 1.165) is 11.0 Å². The summed E-state index contributed by atoms with van der Waals surface area (Å²) in [5.41, 5.74) is 2.77. The Morgan fingerprint density at radius 2 is 1.80 bits per heavy atom. The lowest BCUT2D eigenvalue weighted by Gasteiger charge is -2.14. The molecule has 20 heavy (non-hydrogen) atoms. The lowest BCUT2D eigenvalue weighted by molar-refractivity contribution is 0.546. The summed E-state index contributed by atoms with van der Waals surface area (Å²) in [7, 11) is 0. The molecular formula is C18H22BrN. The Morgan fingerprint density at radius 1 is 1.00 bits per heavy atom. The van der Waals surface area contributed by atoms with Crippen LogP contribution in [0.3, 0.4) is 0 Å². The van der Waals surface area contributed by atoms with Gasteiger partial charge in [-0.3, -0.25) is 0 Å². The van der Waals surface area contributed by atoms with Crippen LogP contribution in [0.15, 0.2) is 59.1 Å². The molecule has 0 aliphatic heterocycles. The standard InChI is InChI=1S/C18H22BrN/c1-15(17-11-7-12-18(19)14-17)20-13-6-5-10-16-8-3-2-4-9-16/h2-4,7-9,11-12,14-15,20H,5-6,10,13H2,1H3/t15-/m1/s1. The third-order valence-corrected chi connectivity index (χ3v) is 4.03. The van der Waals surface area contributed by atoms with Crippen LogP contribution in [-0.2, 0) is 6.42 Å². The number of aryl methyl sites for hydroxylation is 1. The second-order valence-corrected chi connectivity index (χ2v) is 6.09. The first-order valence-electron chi connectivity index (χ1n) is 7.28.